The Morgan fingerprint density at radius 3 is 2.61 bits per heavy atom. The van der Waals surface area contributed by atoms with Gasteiger partial charge in [0.15, 0.2) is 18.8 Å². The number of aliphatic hydroxyl groups is 2. The number of nitro groups is 1. The van der Waals surface area contributed by atoms with Crippen LogP contribution in [0.3, 0.4) is 0 Å². The van der Waals surface area contributed by atoms with E-state index < -0.39 is 70.6 Å². The summed E-state index contributed by atoms with van der Waals surface area (Å²) in [6.45, 7) is -1.31. The van der Waals surface area contributed by atoms with Gasteiger partial charge in [-0.3, -0.25) is 20.3 Å². The molecule has 1 aromatic rings. The number of ether oxygens (including phenoxy) is 1. The number of nitrogens with zero attached hydrogens (tertiary/aromatic N) is 2. The van der Waals surface area contributed by atoms with Crippen molar-refractivity contribution < 1.29 is 42.2 Å². The number of carbonyl (C=O) groups is 1. The molecule has 0 spiro atoms. The highest BCUT2D eigenvalue weighted by atomic mass is 35.5. The van der Waals surface area contributed by atoms with E-state index in [9.17, 15) is 42.7 Å². The Kier molecular flexibility index (Phi) is 6.31. The summed E-state index contributed by atoms with van der Waals surface area (Å²) in [5.41, 5.74) is -1.18. The Morgan fingerprint density at radius 2 is 2.07 bits per heavy atom. The normalized spacial score (nSPS) is 19.9. The number of hydrogen-bond acceptors (Lipinski definition) is 8. The third-order valence-corrected chi connectivity index (χ3v) is 3.82. The van der Waals surface area contributed by atoms with Crippen LogP contribution in [0, 0.1) is 15.9 Å². The minimum absolute atomic E-state index is 0.288. The van der Waals surface area contributed by atoms with Gasteiger partial charge in [-0.2, -0.15) is 13.2 Å². The van der Waals surface area contributed by atoms with Crippen molar-refractivity contribution in [2.75, 3.05) is 18.1 Å². The fourth-order valence-corrected chi connectivity index (χ4v) is 2.48. The molecular formula is C14H12ClF4N3O6. The van der Waals surface area contributed by atoms with Gasteiger partial charge in [-0.05, 0) is 12.1 Å². The third kappa shape index (κ3) is 4.79. The molecule has 9 nitrogen and oxygen atoms in total. The summed E-state index contributed by atoms with van der Waals surface area (Å²) < 4.78 is 57.1. The molecule has 1 aliphatic heterocycles. The van der Waals surface area contributed by atoms with E-state index in [2.05, 4.69) is 4.74 Å². The van der Waals surface area contributed by atoms with Crippen molar-refractivity contribution in [1.82, 2.24) is 5.32 Å². The molecule has 1 heterocycles. The summed E-state index contributed by atoms with van der Waals surface area (Å²) in [6.07, 6.45) is -6.76. The molecule has 0 bridgehead atoms. The quantitative estimate of drug-likeness (QED) is 0.280. The van der Waals surface area contributed by atoms with Crippen LogP contribution in [0.15, 0.2) is 24.1 Å². The van der Waals surface area contributed by atoms with Gasteiger partial charge >= 0.3 is 12.1 Å². The molecule has 0 amide bonds. The molecule has 2 rings (SSSR count). The fourth-order valence-electron chi connectivity index (χ4n) is 2.25. The van der Waals surface area contributed by atoms with Crippen molar-refractivity contribution in [3.05, 3.63) is 50.6 Å². The molecule has 3 N–H and O–H groups in total. The van der Waals surface area contributed by atoms with Crippen LogP contribution in [0.25, 0.3) is 0 Å². The van der Waals surface area contributed by atoms with Crippen LogP contribution >= 0.6 is 11.6 Å². The van der Waals surface area contributed by atoms with E-state index in [1.165, 1.54) is 0 Å². The molecule has 14 heteroatoms. The minimum atomic E-state index is -4.84. The second-order valence-corrected chi connectivity index (χ2v) is 5.84. The Balaban J connectivity index is 2.35. The van der Waals surface area contributed by atoms with Crippen LogP contribution in [-0.4, -0.2) is 52.8 Å². The molecule has 2 unspecified atom stereocenters. The second kappa shape index (κ2) is 8.16. The average Bonchev–Trinajstić information content (AvgIpc) is 2.54. The number of alkyl halides is 3. The average molecular weight is 430 g/mol. The summed E-state index contributed by atoms with van der Waals surface area (Å²) in [6, 6.07) is -1.08. The predicted octanol–water partition coefficient (Wildman–Crippen LogP) is 1.93. The van der Waals surface area contributed by atoms with Gasteiger partial charge in [0.25, 0.3) is 0 Å². The van der Waals surface area contributed by atoms with Crippen molar-refractivity contribution >= 4 is 23.3 Å². The van der Waals surface area contributed by atoms with Gasteiger partial charge in [-0.1, -0.05) is 11.6 Å². The largest absolute Gasteiger partial charge is 0.495 e. The monoisotopic (exact) mass is 429 g/mol. The lowest BCUT2D eigenvalue weighted by molar-refractivity contribution is -0.482. The molecule has 1 aromatic carbocycles. The van der Waals surface area contributed by atoms with Crippen molar-refractivity contribution in [3.63, 3.8) is 0 Å². The smallest absolute Gasteiger partial charge is 0.407 e. The number of halogens is 5. The number of anilines is 1. The number of carbonyl (C=O) groups excluding carboxylic acids is 1. The number of aliphatic hydroxyl groups excluding tert-OH is 2. The van der Waals surface area contributed by atoms with Crippen LogP contribution in [0.2, 0.25) is 5.02 Å². The molecule has 0 radical (unpaired) electrons. The topological polar surface area (TPSA) is 125 Å². The summed E-state index contributed by atoms with van der Waals surface area (Å²) in [4.78, 5) is 21.8. The van der Waals surface area contributed by atoms with Crippen LogP contribution in [0.1, 0.15) is 10.4 Å². The maximum atomic E-state index is 14.2. The Labute approximate surface area is 158 Å². The van der Waals surface area contributed by atoms with Crippen molar-refractivity contribution in [2.45, 2.75) is 18.6 Å². The number of rotatable bonds is 5. The molecule has 2 atom stereocenters. The molecule has 0 aromatic heterocycles. The zero-order valence-corrected chi connectivity index (χ0v) is 14.4. The predicted molar refractivity (Wildman–Crippen MR) is 85.7 cm³/mol. The SMILES string of the molecule is O=C(OCC[N+](=O)[O-])c1cc(N2C(O)=CC(C(F)(F)F)NC2O)c(F)cc1Cl. The summed E-state index contributed by atoms with van der Waals surface area (Å²) >= 11 is 5.74. The molecule has 28 heavy (non-hydrogen) atoms. The highest BCUT2D eigenvalue weighted by Crippen LogP contribution is 2.33. The van der Waals surface area contributed by atoms with E-state index in [0.29, 0.717) is 11.0 Å². The first-order chi connectivity index (χ1) is 12.9. The first-order valence-electron chi connectivity index (χ1n) is 7.40. The molecule has 0 saturated carbocycles. The number of esters is 1. The van der Waals surface area contributed by atoms with E-state index in [1.807, 2.05) is 0 Å². The zero-order valence-electron chi connectivity index (χ0n) is 13.6. The lowest BCUT2D eigenvalue weighted by atomic mass is 10.1. The van der Waals surface area contributed by atoms with Gasteiger partial charge in [0, 0.05) is 11.0 Å². The highest BCUT2D eigenvalue weighted by Gasteiger charge is 2.44. The fraction of sp³-hybridized carbons (Fsp3) is 0.357. The molecular weight excluding hydrogens is 418 g/mol. The lowest BCUT2D eigenvalue weighted by Crippen LogP contribution is -2.57. The van der Waals surface area contributed by atoms with Crippen molar-refractivity contribution in [1.29, 1.82) is 0 Å². The van der Waals surface area contributed by atoms with E-state index in [4.69, 9.17) is 11.6 Å². The molecule has 0 saturated heterocycles. The van der Waals surface area contributed by atoms with E-state index >= 15 is 0 Å². The van der Waals surface area contributed by atoms with Gasteiger partial charge in [0.1, 0.15) is 11.9 Å². The van der Waals surface area contributed by atoms with Crippen LogP contribution < -0.4 is 10.2 Å². The Bertz CT molecular complexity index is 819. The molecule has 1 aliphatic rings. The number of hydrogen-bond donors (Lipinski definition) is 3. The first kappa shape index (κ1) is 21.7. The molecule has 0 fully saturated rings. The zero-order chi connectivity index (χ0) is 21.2. The summed E-state index contributed by atoms with van der Waals surface area (Å²) in [5, 5.41) is 31.2. The Morgan fingerprint density at radius 1 is 1.43 bits per heavy atom. The second-order valence-electron chi connectivity index (χ2n) is 5.43. The van der Waals surface area contributed by atoms with Crippen LogP contribution in [-0.2, 0) is 4.74 Å². The molecule has 154 valence electrons. The standard InChI is InChI=1S/C14H12ClF4N3O6/c15-7-4-8(16)9(3-6(7)12(24)28-2-1-21(26)27)22-11(23)5-10(14(17,18)19)20-13(22)25/h3-5,10,13,20,23,25H,1-2H2. The maximum absolute atomic E-state index is 14.2. The van der Waals surface area contributed by atoms with Gasteiger partial charge in [0.05, 0.1) is 16.3 Å². The van der Waals surface area contributed by atoms with Crippen LogP contribution in [0.5, 0.6) is 0 Å². The summed E-state index contributed by atoms with van der Waals surface area (Å²) in [7, 11) is 0. The third-order valence-electron chi connectivity index (χ3n) is 3.51. The van der Waals surface area contributed by atoms with E-state index in [0.717, 1.165) is 6.07 Å². The highest BCUT2D eigenvalue weighted by molar-refractivity contribution is 6.33. The summed E-state index contributed by atoms with van der Waals surface area (Å²) in [5.74, 6) is -3.50. The van der Waals surface area contributed by atoms with Gasteiger partial charge in [-0.25, -0.2) is 9.18 Å². The van der Waals surface area contributed by atoms with Crippen LogP contribution in [0.4, 0.5) is 23.2 Å². The minimum Gasteiger partial charge on any atom is -0.495 e. The number of benzene rings is 1. The van der Waals surface area contributed by atoms with E-state index in [1.54, 1.807) is 5.32 Å². The number of nitrogens with one attached hydrogen (secondary N) is 1. The van der Waals surface area contributed by atoms with Crippen molar-refractivity contribution in [2.24, 2.45) is 0 Å². The molecule has 0 aliphatic carbocycles. The van der Waals surface area contributed by atoms with Crippen molar-refractivity contribution in [3.8, 4) is 0 Å². The van der Waals surface area contributed by atoms with Gasteiger partial charge < -0.3 is 14.9 Å². The van der Waals surface area contributed by atoms with E-state index in [-0.39, 0.29) is 6.08 Å². The van der Waals surface area contributed by atoms with Gasteiger partial charge in [-0.15, -0.1) is 0 Å². The first-order valence-corrected chi connectivity index (χ1v) is 7.78. The Hall–Kier alpha value is -2.64. The lowest BCUT2D eigenvalue weighted by Gasteiger charge is -2.36. The maximum Gasteiger partial charge on any atom is 0.407 e. The van der Waals surface area contributed by atoms with Gasteiger partial charge in [0.2, 0.25) is 6.54 Å².